The zero-order valence-electron chi connectivity index (χ0n) is 10.3. The van der Waals surface area contributed by atoms with Gasteiger partial charge < -0.3 is 9.84 Å². The molecule has 0 saturated carbocycles. The van der Waals surface area contributed by atoms with Gasteiger partial charge in [0.05, 0.1) is 11.1 Å². The van der Waals surface area contributed by atoms with Crippen LogP contribution >= 0.6 is 39.1 Å². The first-order chi connectivity index (χ1) is 9.54. The second kappa shape index (κ2) is 5.57. The molecule has 0 fully saturated rings. The smallest absolute Gasteiger partial charge is 0.127 e. The van der Waals surface area contributed by atoms with Crippen LogP contribution in [0.2, 0.25) is 10.0 Å². The van der Waals surface area contributed by atoms with Gasteiger partial charge in [-0.25, -0.2) is 0 Å². The molecule has 1 unspecified atom stereocenters. The highest BCUT2D eigenvalue weighted by Crippen LogP contribution is 2.42. The van der Waals surface area contributed by atoms with Gasteiger partial charge in [-0.2, -0.15) is 0 Å². The Hall–Kier alpha value is -0.740. The molecule has 5 heteroatoms. The van der Waals surface area contributed by atoms with Crippen molar-refractivity contribution in [1.82, 2.24) is 0 Å². The van der Waals surface area contributed by atoms with Crippen molar-refractivity contribution in [2.45, 2.75) is 18.6 Å². The van der Waals surface area contributed by atoms with E-state index < -0.39 is 6.10 Å². The summed E-state index contributed by atoms with van der Waals surface area (Å²) in [5.74, 6) is 0.664. The summed E-state index contributed by atoms with van der Waals surface area (Å²) in [6.45, 7) is 0. The summed E-state index contributed by atoms with van der Waals surface area (Å²) < 4.78 is 6.78. The zero-order chi connectivity index (χ0) is 14.3. The maximum Gasteiger partial charge on any atom is 0.127 e. The molecule has 2 nitrogen and oxygen atoms in total. The molecule has 0 radical (unpaired) electrons. The predicted molar refractivity (Wildman–Crippen MR) is 83.5 cm³/mol. The van der Waals surface area contributed by atoms with Crippen molar-refractivity contribution in [2.24, 2.45) is 0 Å². The van der Waals surface area contributed by atoms with Crippen LogP contribution < -0.4 is 4.74 Å². The van der Waals surface area contributed by atoms with Gasteiger partial charge in [0.15, 0.2) is 0 Å². The van der Waals surface area contributed by atoms with Gasteiger partial charge >= 0.3 is 0 Å². The lowest BCUT2D eigenvalue weighted by atomic mass is 9.95. The fourth-order valence-corrected chi connectivity index (χ4v) is 2.95. The lowest BCUT2D eigenvalue weighted by Gasteiger charge is -2.30. The maximum absolute atomic E-state index is 10.3. The van der Waals surface area contributed by atoms with Gasteiger partial charge in [-0.15, -0.1) is 0 Å². The Morgan fingerprint density at radius 1 is 1.15 bits per heavy atom. The summed E-state index contributed by atoms with van der Waals surface area (Å²) in [6, 6.07) is 11.0. The van der Waals surface area contributed by atoms with Crippen LogP contribution in [0.3, 0.4) is 0 Å². The van der Waals surface area contributed by atoms with Crippen LogP contribution in [0.25, 0.3) is 0 Å². The Kier molecular flexibility index (Phi) is 3.95. The van der Waals surface area contributed by atoms with Crippen molar-refractivity contribution in [2.75, 3.05) is 0 Å². The molecule has 104 valence electrons. The lowest BCUT2D eigenvalue weighted by Crippen LogP contribution is -2.19. The summed E-state index contributed by atoms with van der Waals surface area (Å²) in [7, 11) is 0. The van der Waals surface area contributed by atoms with Gasteiger partial charge in [-0.05, 0) is 51.8 Å². The first-order valence-corrected chi connectivity index (χ1v) is 7.68. The molecule has 20 heavy (non-hydrogen) atoms. The maximum atomic E-state index is 10.3. The Morgan fingerprint density at radius 3 is 2.70 bits per heavy atom. The van der Waals surface area contributed by atoms with Gasteiger partial charge in [-0.3, -0.25) is 0 Å². The third-order valence-electron chi connectivity index (χ3n) is 3.35. The average Bonchev–Trinajstić information content (AvgIpc) is 2.42. The number of aliphatic hydroxyl groups is 1. The Bertz CT molecular complexity index is 660. The van der Waals surface area contributed by atoms with Crippen LogP contribution in [0.4, 0.5) is 0 Å². The Balaban J connectivity index is 1.94. The summed E-state index contributed by atoms with van der Waals surface area (Å²) >= 11 is 15.4. The molecule has 2 atom stereocenters. The highest BCUT2D eigenvalue weighted by atomic mass is 79.9. The molecule has 0 aliphatic carbocycles. The number of hydrogen-bond acceptors (Lipinski definition) is 2. The number of benzene rings is 2. The van der Waals surface area contributed by atoms with Gasteiger partial charge in [-0.1, -0.05) is 29.3 Å². The van der Waals surface area contributed by atoms with E-state index in [9.17, 15) is 5.11 Å². The molecule has 0 amide bonds. The molecule has 0 bridgehead atoms. The SMILES string of the molecule is O[C@H]1CC(c2ccc(Br)c(Cl)c2)Oc2ccc(Cl)cc21. The number of ether oxygens (including phenoxy) is 1. The van der Waals surface area contributed by atoms with Crippen molar-refractivity contribution in [3.05, 3.63) is 62.0 Å². The molecule has 0 aromatic heterocycles. The highest BCUT2D eigenvalue weighted by molar-refractivity contribution is 9.10. The summed E-state index contributed by atoms with van der Waals surface area (Å²) in [5.41, 5.74) is 1.68. The average molecular weight is 374 g/mol. The van der Waals surface area contributed by atoms with E-state index in [2.05, 4.69) is 15.9 Å². The molecular formula is C15H11BrCl2O2. The second-order valence-electron chi connectivity index (χ2n) is 4.71. The van der Waals surface area contributed by atoms with E-state index in [0.717, 1.165) is 15.6 Å². The summed E-state index contributed by atoms with van der Waals surface area (Å²) in [4.78, 5) is 0. The first-order valence-electron chi connectivity index (χ1n) is 6.13. The molecule has 2 aromatic carbocycles. The molecule has 3 rings (SSSR count). The predicted octanol–water partition coefficient (Wildman–Crippen LogP) is 5.31. The quantitative estimate of drug-likeness (QED) is 0.733. The molecular weight excluding hydrogens is 363 g/mol. The zero-order valence-corrected chi connectivity index (χ0v) is 13.4. The van der Waals surface area contributed by atoms with Crippen molar-refractivity contribution in [3.8, 4) is 5.75 Å². The van der Waals surface area contributed by atoms with E-state index >= 15 is 0 Å². The van der Waals surface area contributed by atoms with Crippen LogP contribution in [0.1, 0.15) is 29.8 Å². The highest BCUT2D eigenvalue weighted by Gasteiger charge is 2.28. The van der Waals surface area contributed by atoms with E-state index in [-0.39, 0.29) is 6.10 Å². The van der Waals surface area contributed by atoms with Crippen LogP contribution in [0.5, 0.6) is 5.75 Å². The summed E-state index contributed by atoms with van der Waals surface area (Å²) in [5, 5.41) is 11.5. The molecule has 0 saturated heterocycles. The van der Waals surface area contributed by atoms with Gasteiger partial charge in [0.2, 0.25) is 0 Å². The van der Waals surface area contributed by atoms with E-state index in [4.69, 9.17) is 27.9 Å². The normalized spacial score (nSPS) is 21.2. The fraction of sp³-hybridized carbons (Fsp3) is 0.200. The van der Waals surface area contributed by atoms with Crippen LogP contribution in [0.15, 0.2) is 40.9 Å². The van der Waals surface area contributed by atoms with Crippen LogP contribution in [0, 0.1) is 0 Å². The number of aliphatic hydroxyl groups excluding tert-OH is 1. The van der Waals surface area contributed by atoms with Gasteiger partial charge in [0, 0.05) is 21.5 Å². The monoisotopic (exact) mass is 372 g/mol. The standard InChI is InChI=1S/C15H11BrCl2O2/c16-11-3-1-8(5-12(11)18)15-7-13(19)10-6-9(17)2-4-14(10)20-15/h1-6,13,15,19H,7H2/t13-,15?/m0/s1. The Morgan fingerprint density at radius 2 is 1.95 bits per heavy atom. The van der Waals surface area contributed by atoms with E-state index in [1.165, 1.54) is 0 Å². The van der Waals surface area contributed by atoms with Gasteiger partial charge in [0.1, 0.15) is 11.9 Å². The number of halogens is 3. The number of hydrogen-bond donors (Lipinski definition) is 1. The molecule has 1 aliphatic heterocycles. The number of fused-ring (bicyclic) bond motifs is 1. The number of rotatable bonds is 1. The fourth-order valence-electron chi connectivity index (χ4n) is 2.33. The molecule has 1 aliphatic rings. The minimum Gasteiger partial charge on any atom is -0.485 e. The molecule has 2 aromatic rings. The van der Waals surface area contributed by atoms with Crippen molar-refractivity contribution in [1.29, 1.82) is 0 Å². The summed E-state index contributed by atoms with van der Waals surface area (Å²) in [6.07, 6.45) is -0.333. The third-order valence-corrected chi connectivity index (χ3v) is 4.82. The van der Waals surface area contributed by atoms with E-state index in [1.54, 1.807) is 18.2 Å². The van der Waals surface area contributed by atoms with Crippen molar-refractivity contribution in [3.63, 3.8) is 0 Å². The molecule has 1 N–H and O–H groups in total. The van der Waals surface area contributed by atoms with Crippen LogP contribution in [-0.2, 0) is 0 Å². The van der Waals surface area contributed by atoms with E-state index in [1.807, 2.05) is 18.2 Å². The lowest BCUT2D eigenvalue weighted by molar-refractivity contribution is 0.0657. The van der Waals surface area contributed by atoms with E-state index in [0.29, 0.717) is 22.2 Å². The topological polar surface area (TPSA) is 29.5 Å². The first kappa shape index (κ1) is 14.2. The van der Waals surface area contributed by atoms with Gasteiger partial charge in [0.25, 0.3) is 0 Å². The van der Waals surface area contributed by atoms with Crippen molar-refractivity contribution < 1.29 is 9.84 Å². The minimum atomic E-state index is -0.593. The minimum absolute atomic E-state index is 0.218. The van der Waals surface area contributed by atoms with Crippen molar-refractivity contribution >= 4 is 39.1 Å². The Labute approximate surface area is 135 Å². The third kappa shape index (κ3) is 2.68. The largest absolute Gasteiger partial charge is 0.485 e. The second-order valence-corrected chi connectivity index (χ2v) is 6.41. The van der Waals surface area contributed by atoms with Crippen LogP contribution in [-0.4, -0.2) is 5.11 Å². The molecule has 0 spiro atoms. The molecule has 1 heterocycles.